The molecule has 0 bridgehead atoms. The molecule has 3 aliphatic heterocycles. The summed E-state index contributed by atoms with van der Waals surface area (Å²) >= 11 is 0. The van der Waals surface area contributed by atoms with Gasteiger partial charge in [0, 0.05) is 32.7 Å². The quantitative estimate of drug-likeness (QED) is 0.751. The van der Waals surface area contributed by atoms with Crippen molar-refractivity contribution in [2.75, 3.05) is 39.3 Å². The number of benzene rings is 1. The highest BCUT2D eigenvalue weighted by molar-refractivity contribution is 5.71. The number of carbonyl (C=O) groups excluding carboxylic acids is 1. The second-order valence-electron chi connectivity index (χ2n) is 9.66. The van der Waals surface area contributed by atoms with E-state index in [2.05, 4.69) is 49.6 Å². The van der Waals surface area contributed by atoms with Gasteiger partial charge in [-0.1, -0.05) is 26.0 Å². The summed E-state index contributed by atoms with van der Waals surface area (Å²) in [6.07, 6.45) is 3.46. The average Bonchev–Trinajstić information content (AvgIpc) is 3.04. The molecule has 1 aromatic carbocycles. The number of rotatable bonds is 5. The number of piperidine rings is 1. The molecule has 160 valence electrons. The predicted octanol–water partition coefficient (Wildman–Crippen LogP) is 3.95. The van der Waals surface area contributed by atoms with Gasteiger partial charge in [0.05, 0.1) is 5.54 Å². The molecule has 4 rings (SSSR count). The molecule has 0 aliphatic carbocycles. The topological polar surface area (TPSA) is 36.0 Å². The predicted molar refractivity (Wildman–Crippen MR) is 116 cm³/mol. The van der Waals surface area contributed by atoms with Crippen LogP contribution in [0.15, 0.2) is 12.1 Å². The summed E-state index contributed by atoms with van der Waals surface area (Å²) in [4.78, 5) is 19.2. The average molecular weight is 400 g/mol. The second kappa shape index (κ2) is 8.27. The Kier molecular flexibility index (Phi) is 5.90. The van der Waals surface area contributed by atoms with Crippen LogP contribution >= 0.6 is 0 Å². The maximum Gasteiger partial charge on any atom is 0.410 e. The number of hydrogen-bond acceptors (Lipinski definition) is 4. The molecule has 0 aromatic heterocycles. The highest BCUT2D eigenvalue weighted by Crippen LogP contribution is 2.32. The third-order valence-electron chi connectivity index (χ3n) is 7.53. The van der Waals surface area contributed by atoms with Crippen molar-refractivity contribution in [3.63, 3.8) is 0 Å². The Balaban J connectivity index is 1.46. The molecule has 1 atom stereocenters. The highest BCUT2D eigenvalue weighted by atomic mass is 16.6. The normalized spacial score (nSPS) is 26.6. The summed E-state index contributed by atoms with van der Waals surface area (Å²) in [6, 6.07) is 4.81. The van der Waals surface area contributed by atoms with E-state index in [1.165, 1.54) is 48.2 Å². The fourth-order valence-electron chi connectivity index (χ4n) is 5.27. The van der Waals surface area contributed by atoms with Gasteiger partial charge in [0.2, 0.25) is 0 Å². The van der Waals surface area contributed by atoms with Gasteiger partial charge in [0.15, 0.2) is 0 Å². The number of hydrogen-bond donors (Lipinski definition) is 0. The van der Waals surface area contributed by atoms with Crippen molar-refractivity contribution in [1.29, 1.82) is 0 Å². The molecule has 1 unspecified atom stereocenters. The zero-order valence-electron chi connectivity index (χ0n) is 18.7. The van der Waals surface area contributed by atoms with Crippen LogP contribution in [0.3, 0.4) is 0 Å². The first-order valence-electron chi connectivity index (χ1n) is 11.4. The van der Waals surface area contributed by atoms with Crippen molar-refractivity contribution in [3.05, 3.63) is 34.4 Å². The number of likely N-dealkylation sites (tertiary alicyclic amines) is 1. The van der Waals surface area contributed by atoms with E-state index in [0.717, 1.165) is 45.1 Å². The molecule has 5 nitrogen and oxygen atoms in total. The number of cyclic esters (lactones) is 1. The number of carbonyl (C=O) groups is 1. The van der Waals surface area contributed by atoms with Crippen LogP contribution in [-0.4, -0.2) is 65.7 Å². The smallest absolute Gasteiger partial charge is 0.410 e. The minimum atomic E-state index is -0.138. The molecule has 3 saturated heterocycles. The van der Waals surface area contributed by atoms with Crippen LogP contribution in [0.2, 0.25) is 0 Å². The van der Waals surface area contributed by atoms with Gasteiger partial charge in [-0.25, -0.2) is 4.79 Å². The Morgan fingerprint density at radius 2 is 1.66 bits per heavy atom. The zero-order chi connectivity index (χ0) is 20.6. The molecule has 0 radical (unpaired) electrons. The van der Waals surface area contributed by atoms with Gasteiger partial charge in [-0.2, -0.15) is 0 Å². The Hall–Kier alpha value is -1.59. The van der Waals surface area contributed by atoms with E-state index in [1.54, 1.807) is 0 Å². The van der Waals surface area contributed by atoms with Gasteiger partial charge in [-0.05, 0) is 74.4 Å². The molecule has 3 heterocycles. The van der Waals surface area contributed by atoms with Gasteiger partial charge in [-0.3, -0.25) is 14.7 Å². The fraction of sp³-hybridized carbons (Fsp3) is 0.708. The lowest BCUT2D eigenvalue weighted by atomic mass is 9.92. The molecular weight excluding hydrogens is 362 g/mol. The van der Waals surface area contributed by atoms with Crippen LogP contribution in [0.4, 0.5) is 4.79 Å². The number of nitrogens with zero attached hydrogens (tertiary/aromatic N) is 3. The van der Waals surface area contributed by atoms with E-state index < -0.39 is 0 Å². The minimum absolute atomic E-state index is 0.129. The summed E-state index contributed by atoms with van der Waals surface area (Å²) in [5.74, 6) is 0.872. The van der Waals surface area contributed by atoms with Crippen molar-refractivity contribution in [3.8, 4) is 0 Å². The van der Waals surface area contributed by atoms with Crippen molar-refractivity contribution < 1.29 is 9.53 Å². The molecule has 0 N–H and O–H groups in total. The highest BCUT2D eigenvalue weighted by Gasteiger charge is 2.49. The lowest BCUT2D eigenvalue weighted by Gasteiger charge is -2.44. The summed E-state index contributed by atoms with van der Waals surface area (Å²) in [7, 11) is 0. The molecule has 1 aromatic rings. The second-order valence-corrected chi connectivity index (χ2v) is 9.66. The molecular formula is C24H37N3O2. The van der Waals surface area contributed by atoms with Crippen LogP contribution in [0.1, 0.15) is 55.4 Å². The number of piperazine rings is 1. The monoisotopic (exact) mass is 399 g/mol. The first-order chi connectivity index (χ1) is 13.9. The molecule has 3 aliphatic rings. The fourth-order valence-corrected chi connectivity index (χ4v) is 5.27. The Morgan fingerprint density at radius 1 is 1.00 bits per heavy atom. The summed E-state index contributed by atoms with van der Waals surface area (Å²) < 4.78 is 5.40. The first kappa shape index (κ1) is 20.7. The SMILES string of the molecule is CCC12COC(=O)N1CCN(Cc1cc(CN3CCC(C)CC3)c(C)cc1C)C2. The van der Waals surface area contributed by atoms with Gasteiger partial charge in [0.25, 0.3) is 0 Å². The van der Waals surface area contributed by atoms with Crippen LogP contribution in [-0.2, 0) is 17.8 Å². The minimum Gasteiger partial charge on any atom is -0.447 e. The van der Waals surface area contributed by atoms with E-state index >= 15 is 0 Å². The van der Waals surface area contributed by atoms with E-state index in [0.29, 0.717) is 6.61 Å². The number of amides is 1. The third-order valence-corrected chi connectivity index (χ3v) is 7.53. The van der Waals surface area contributed by atoms with Crippen LogP contribution < -0.4 is 0 Å². The van der Waals surface area contributed by atoms with E-state index in [1.807, 2.05) is 4.90 Å². The molecule has 29 heavy (non-hydrogen) atoms. The standard InChI is InChI=1S/C24H37N3O2/c1-5-24-16-26(10-11-27(24)23(28)29-17-24)15-22-13-21(19(3)12-20(22)4)14-25-8-6-18(2)7-9-25/h12-13,18H,5-11,14-17H2,1-4H3. The Labute approximate surface area is 176 Å². The molecule has 1 amide bonds. The Morgan fingerprint density at radius 3 is 2.31 bits per heavy atom. The van der Waals surface area contributed by atoms with E-state index in [9.17, 15) is 4.79 Å². The molecule has 0 saturated carbocycles. The van der Waals surface area contributed by atoms with Crippen LogP contribution in [0, 0.1) is 19.8 Å². The van der Waals surface area contributed by atoms with Gasteiger partial charge in [0.1, 0.15) is 6.61 Å². The van der Waals surface area contributed by atoms with Gasteiger partial charge < -0.3 is 4.74 Å². The van der Waals surface area contributed by atoms with Crippen molar-refractivity contribution in [1.82, 2.24) is 14.7 Å². The maximum atomic E-state index is 12.1. The molecule has 3 fully saturated rings. The number of ether oxygens (including phenoxy) is 1. The summed E-state index contributed by atoms with van der Waals surface area (Å²) in [5, 5.41) is 0. The molecule has 0 spiro atoms. The van der Waals surface area contributed by atoms with Crippen LogP contribution in [0.5, 0.6) is 0 Å². The number of aryl methyl sites for hydroxylation is 2. The van der Waals surface area contributed by atoms with Gasteiger partial charge >= 0.3 is 6.09 Å². The Bertz CT molecular complexity index is 757. The first-order valence-corrected chi connectivity index (χ1v) is 11.4. The largest absolute Gasteiger partial charge is 0.447 e. The summed E-state index contributed by atoms with van der Waals surface area (Å²) in [5.41, 5.74) is 5.56. The van der Waals surface area contributed by atoms with Crippen molar-refractivity contribution in [2.24, 2.45) is 5.92 Å². The zero-order valence-corrected chi connectivity index (χ0v) is 18.7. The number of fused-ring (bicyclic) bond motifs is 1. The molecule has 5 heteroatoms. The van der Waals surface area contributed by atoms with E-state index in [4.69, 9.17) is 4.74 Å². The van der Waals surface area contributed by atoms with Gasteiger partial charge in [-0.15, -0.1) is 0 Å². The maximum absolute atomic E-state index is 12.1. The third kappa shape index (κ3) is 4.17. The van der Waals surface area contributed by atoms with Crippen molar-refractivity contribution >= 4 is 6.09 Å². The van der Waals surface area contributed by atoms with Crippen molar-refractivity contribution in [2.45, 2.75) is 65.6 Å². The van der Waals surface area contributed by atoms with Crippen LogP contribution in [0.25, 0.3) is 0 Å². The lowest BCUT2D eigenvalue weighted by Crippen LogP contribution is -2.60. The lowest BCUT2D eigenvalue weighted by molar-refractivity contribution is 0.0448. The van der Waals surface area contributed by atoms with E-state index in [-0.39, 0.29) is 11.6 Å². The summed E-state index contributed by atoms with van der Waals surface area (Å²) in [6.45, 7) is 16.6.